The van der Waals surface area contributed by atoms with E-state index in [9.17, 15) is 49.1 Å². The fourth-order valence-electron chi connectivity index (χ4n) is 3.84. The Hall–Kier alpha value is -3.59. The fourth-order valence-corrected chi connectivity index (χ4v) is 3.84. The number of aromatic nitrogens is 2. The van der Waals surface area contributed by atoms with Gasteiger partial charge in [0.2, 0.25) is 0 Å². The van der Waals surface area contributed by atoms with E-state index in [1.54, 1.807) is 0 Å². The zero-order valence-corrected chi connectivity index (χ0v) is 20.1. The van der Waals surface area contributed by atoms with E-state index in [1.807, 2.05) is 0 Å². The summed E-state index contributed by atoms with van der Waals surface area (Å²) in [4.78, 5) is 28.8. The summed E-state index contributed by atoms with van der Waals surface area (Å²) in [7, 11) is 0.917. The predicted molar refractivity (Wildman–Crippen MR) is 116 cm³/mol. The Morgan fingerprint density at radius 3 is 2.21 bits per heavy atom. The summed E-state index contributed by atoms with van der Waals surface area (Å²) >= 11 is 0. The van der Waals surface area contributed by atoms with Crippen LogP contribution in [0.2, 0.25) is 0 Å². The molecule has 0 fully saturated rings. The number of nitrogens with one attached hydrogen (secondary N) is 1. The van der Waals surface area contributed by atoms with E-state index >= 15 is 0 Å². The number of halogens is 9. The first-order chi connectivity index (χ1) is 17.9. The molecule has 1 amide bonds. The van der Waals surface area contributed by atoms with Gasteiger partial charge in [-0.3, -0.25) is 14.3 Å². The minimum atomic E-state index is -5.17. The van der Waals surface area contributed by atoms with Gasteiger partial charge in [0, 0.05) is 25.5 Å². The summed E-state index contributed by atoms with van der Waals surface area (Å²) in [5.41, 5.74) is -5.80. The van der Waals surface area contributed by atoms with E-state index in [0.717, 1.165) is 7.05 Å². The Morgan fingerprint density at radius 1 is 1.03 bits per heavy atom. The van der Waals surface area contributed by atoms with Gasteiger partial charge in [0.05, 0.1) is 24.4 Å². The highest BCUT2D eigenvalue weighted by Crippen LogP contribution is 2.49. The molecular weight excluding hydrogens is 551 g/mol. The van der Waals surface area contributed by atoms with Crippen molar-refractivity contribution >= 4 is 17.4 Å². The third kappa shape index (κ3) is 7.09. The number of amides is 1. The highest BCUT2D eigenvalue weighted by Gasteiger charge is 2.64. The number of nitrogens with zero attached hydrogens (tertiary/aromatic N) is 3. The molecule has 7 nitrogen and oxygen atoms in total. The van der Waals surface area contributed by atoms with Crippen molar-refractivity contribution in [1.29, 1.82) is 0 Å². The number of hydrogen-bond acceptors (Lipinski definition) is 5. The molecule has 1 aliphatic rings. The second-order valence-electron chi connectivity index (χ2n) is 8.79. The third-order valence-corrected chi connectivity index (χ3v) is 5.86. The molecule has 1 N–H and O–H groups in total. The lowest BCUT2D eigenvalue weighted by Crippen LogP contribution is -2.44. The van der Waals surface area contributed by atoms with Crippen molar-refractivity contribution in [3.63, 3.8) is 0 Å². The summed E-state index contributed by atoms with van der Waals surface area (Å²) in [5, 5.41) is 8.88. The fraction of sp³-hybridized carbons (Fsp3) is 0.478. The van der Waals surface area contributed by atoms with Crippen LogP contribution in [0.25, 0.3) is 0 Å². The highest BCUT2D eigenvalue weighted by molar-refractivity contribution is 6.03. The Bertz CT molecular complexity index is 1230. The number of alkyl halides is 9. The maximum atomic E-state index is 14.1. The van der Waals surface area contributed by atoms with Crippen LogP contribution < -0.4 is 5.32 Å². The van der Waals surface area contributed by atoms with Crippen LogP contribution in [-0.2, 0) is 28.5 Å². The molecule has 214 valence electrons. The van der Waals surface area contributed by atoms with Gasteiger partial charge >= 0.3 is 18.5 Å². The van der Waals surface area contributed by atoms with Gasteiger partial charge in [-0.05, 0) is 36.6 Å². The second kappa shape index (κ2) is 10.9. The molecule has 2 aromatic rings. The van der Waals surface area contributed by atoms with Crippen LogP contribution in [0.5, 0.6) is 0 Å². The van der Waals surface area contributed by atoms with Gasteiger partial charge < -0.3 is 10.2 Å². The lowest BCUT2D eigenvalue weighted by atomic mass is 9.89. The van der Waals surface area contributed by atoms with Crippen LogP contribution in [0.4, 0.5) is 39.5 Å². The minimum absolute atomic E-state index is 0.00282. The van der Waals surface area contributed by atoms with Gasteiger partial charge in [-0.15, -0.1) is 0 Å². The Kier molecular flexibility index (Phi) is 8.36. The minimum Gasteiger partial charge on any atom is -0.372 e. The molecule has 39 heavy (non-hydrogen) atoms. The average Bonchev–Trinajstić information content (AvgIpc) is 3.44. The standard InChI is InChI=1S/C23H21F9N4O3/c1-36-18(10-17(34-36)22(27,28)29)20(23(30,31)32)11-16(35-39-20)13-5-7-14(8-6-13)19(38)33-12-15(37)4-2-3-9-21(24,25)26/h5-8,10H,2-4,9,11-12H2,1H3,(H,33,38). The highest BCUT2D eigenvalue weighted by atomic mass is 19.4. The first kappa shape index (κ1) is 30.0. The summed E-state index contributed by atoms with van der Waals surface area (Å²) < 4.78 is 118. The van der Waals surface area contributed by atoms with Crippen LogP contribution in [0, 0.1) is 0 Å². The number of carbonyl (C=O) groups excluding carboxylic acids is 2. The molecule has 0 bridgehead atoms. The maximum Gasteiger partial charge on any atom is 0.437 e. The number of unbranched alkanes of at least 4 members (excludes halogenated alkanes) is 1. The predicted octanol–water partition coefficient (Wildman–Crippen LogP) is 5.44. The van der Waals surface area contributed by atoms with Crippen molar-refractivity contribution in [2.75, 3.05) is 6.54 Å². The molecule has 16 heteroatoms. The van der Waals surface area contributed by atoms with Crippen molar-refractivity contribution in [3.05, 3.63) is 52.8 Å². The van der Waals surface area contributed by atoms with E-state index in [2.05, 4.69) is 15.6 Å². The van der Waals surface area contributed by atoms with Crippen molar-refractivity contribution in [2.45, 2.75) is 56.2 Å². The largest absolute Gasteiger partial charge is 0.437 e. The van der Waals surface area contributed by atoms with E-state index in [4.69, 9.17) is 4.84 Å². The number of hydrogen-bond donors (Lipinski definition) is 1. The van der Waals surface area contributed by atoms with Gasteiger partial charge in [-0.25, -0.2) is 0 Å². The normalized spacial score (nSPS) is 18.1. The van der Waals surface area contributed by atoms with E-state index in [0.29, 0.717) is 4.68 Å². The first-order valence-corrected chi connectivity index (χ1v) is 11.3. The van der Waals surface area contributed by atoms with Gasteiger partial charge in [-0.2, -0.15) is 44.6 Å². The Labute approximate surface area is 215 Å². The summed E-state index contributed by atoms with van der Waals surface area (Å²) in [6.45, 7) is -0.425. The van der Waals surface area contributed by atoms with E-state index < -0.39 is 66.6 Å². The molecule has 1 aromatic heterocycles. The third-order valence-electron chi connectivity index (χ3n) is 5.86. The molecule has 2 heterocycles. The number of Topliss-reactive ketones (excluding diaryl/α,β-unsaturated/α-hetero) is 1. The molecule has 0 spiro atoms. The zero-order chi connectivity index (χ0) is 29.2. The van der Waals surface area contributed by atoms with Crippen molar-refractivity contribution in [2.24, 2.45) is 12.2 Å². The average molecular weight is 572 g/mol. The molecular formula is C23H21F9N4O3. The van der Waals surface area contributed by atoms with Crippen LogP contribution in [0.15, 0.2) is 35.5 Å². The van der Waals surface area contributed by atoms with Crippen molar-refractivity contribution in [3.8, 4) is 0 Å². The number of ketones is 1. The topological polar surface area (TPSA) is 85.6 Å². The quantitative estimate of drug-likeness (QED) is 0.320. The van der Waals surface area contributed by atoms with E-state index in [-0.39, 0.29) is 42.2 Å². The second-order valence-corrected chi connectivity index (χ2v) is 8.79. The number of aryl methyl sites for hydroxylation is 1. The van der Waals surface area contributed by atoms with Crippen LogP contribution >= 0.6 is 0 Å². The Balaban J connectivity index is 1.64. The van der Waals surface area contributed by atoms with Crippen LogP contribution in [0.3, 0.4) is 0 Å². The van der Waals surface area contributed by atoms with Crippen molar-refractivity contribution < 1.29 is 53.9 Å². The zero-order valence-electron chi connectivity index (χ0n) is 20.1. The lowest BCUT2D eigenvalue weighted by molar-refractivity contribution is -0.278. The smallest absolute Gasteiger partial charge is 0.372 e. The van der Waals surface area contributed by atoms with Gasteiger partial charge in [0.25, 0.3) is 11.5 Å². The summed E-state index contributed by atoms with van der Waals surface area (Å²) in [6.07, 6.45) is -16.8. The van der Waals surface area contributed by atoms with E-state index in [1.165, 1.54) is 24.3 Å². The van der Waals surface area contributed by atoms with Crippen LogP contribution in [0.1, 0.15) is 59.4 Å². The first-order valence-electron chi connectivity index (χ1n) is 11.3. The molecule has 1 unspecified atom stereocenters. The van der Waals surface area contributed by atoms with Crippen LogP contribution in [-0.4, -0.2) is 46.1 Å². The van der Waals surface area contributed by atoms with Gasteiger partial charge in [0.15, 0.2) is 11.5 Å². The number of oxime groups is 1. The molecule has 3 rings (SSSR count). The number of carbonyl (C=O) groups is 2. The number of rotatable bonds is 9. The van der Waals surface area contributed by atoms with Gasteiger partial charge in [-0.1, -0.05) is 17.3 Å². The molecule has 0 saturated heterocycles. The number of benzene rings is 1. The van der Waals surface area contributed by atoms with Crippen molar-refractivity contribution in [1.82, 2.24) is 15.1 Å². The maximum absolute atomic E-state index is 14.1. The molecule has 1 aromatic carbocycles. The summed E-state index contributed by atoms with van der Waals surface area (Å²) in [5.74, 6) is -1.19. The monoisotopic (exact) mass is 572 g/mol. The Morgan fingerprint density at radius 2 is 1.67 bits per heavy atom. The molecule has 0 saturated carbocycles. The molecule has 1 aliphatic heterocycles. The molecule has 0 aliphatic carbocycles. The SMILES string of the molecule is Cn1nc(C(F)(F)F)cc1C1(C(F)(F)F)CC(c2ccc(C(=O)NCC(=O)CCCCC(F)(F)F)cc2)=NO1. The summed E-state index contributed by atoms with van der Waals surface area (Å²) in [6, 6.07) is 5.18. The molecule has 0 radical (unpaired) electrons. The molecule has 1 atom stereocenters. The lowest BCUT2D eigenvalue weighted by Gasteiger charge is -2.28. The van der Waals surface area contributed by atoms with Gasteiger partial charge in [0.1, 0.15) is 0 Å².